The number of anilines is 1. The number of hydrogen-bond acceptors (Lipinski definition) is 8. The van der Waals surface area contributed by atoms with E-state index in [1.807, 2.05) is 0 Å². The van der Waals surface area contributed by atoms with Crippen LogP contribution in [0.2, 0.25) is 5.02 Å². The molecule has 0 radical (unpaired) electrons. The smallest absolute Gasteiger partial charge is 0.288 e. The number of aromatic nitrogens is 1. The van der Waals surface area contributed by atoms with E-state index in [9.17, 15) is 19.7 Å². The second kappa shape index (κ2) is 11.0. The fourth-order valence-corrected chi connectivity index (χ4v) is 3.50. The zero-order chi connectivity index (χ0) is 23.1. The second-order valence-electron chi connectivity index (χ2n) is 7.33. The summed E-state index contributed by atoms with van der Waals surface area (Å²) >= 11 is 5.86. The minimum absolute atomic E-state index is 0.0652. The molecule has 1 aliphatic rings. The van der Waals surface area contributed by atoms with E-state index < -0.39 is 16.7 Å². The van der Waals surface area contributed by atoms with Gasteiger partial charge in [-0.3, -0.25) is 24.6 Å². The zero-order valence-corrected chi connectivity index (χ0v) is 18.3. The Balaban J connectivity index is 1.70. The minimum Gasteiger partial charge on any atom is -0.379 e. The molecule has 1 fully saturated rings. The number of morpholine rings is 1. The van der Waals surface area contributed by atoms with Gasteiger partial charge in [0.15, 0.2) is 5.82 Å². The highest BCUT2D eigenvalue weighted by molar-refractivity contribution is 6.32. The highest BCUT2D eigenvalue weighted by Gasteiger charge is 2.23. The molecule has 172 valence electrons. The molecule has 1 N–H and O–H groups in total. The number of nitrogens with one attached hydrogen (secondary N) is 1. The van der Waals surface area contributed by atoms with Gasteiger partial charge in [-0.2, -0.15) is 0 Å². The Hall–Kier alpha value is -3.02. The summed E-state index contributed by atoms with van der Waals surface area (Å²) in [6.07, 6.45) is 0.623. The molecule has 2 heterocycles. The van der Waals surface area contributed by atoms with Crippen LogP contribution in [-0.4, -0.2) is 77.6 Å². The summed E-state index contributed by atoms with van der Waals surface area (Å²) in [7, 11) is 0. The Morgan fingerprint density at radius 2 is 2.06 bits per heavy atom. The van der Waals surface area contributed by atoms with Gasteiger partial charge >= 0.3 is 0 Å². The fraction of sp³-hybridized carbons (Fsp3) is 0.450. The van der Waals surface area contributed by atoms with Crippen LogP contribution in [0.3, 0.4) is 0 Å². The number of carbonyl (C=O) groups is 2. The number of nitro benzene ring substituents is 1. The van der Waals surface area contributed by atoms with Crippen molar-refractivity contribution in [3.05, 3.63) is 50.7 Å². The van der Waals surface area contributed by atoms with E-state index in [2.05, 4.69) is 15.4 Å². The number of hydrogen-bond donors (Lipinski definition) is 1. The fourth-order valence-electron chi connectivity index (χ4n) is 3.31. The first kappa shape index (κ1) is 23.6. The number of ether oxygens (including phenoxy) is 1. The van der Waals surface area contributed by atoms with E-state index in [1.54, 1.807) is 13.0 Å². The topological polar surface area (TPSA) is 131 Å². The molecule has 0 atom stereocenters. The Morgan fingerprint density at radius 1 is 1.31 bits per heavy atom. The highest BCUT2D eigenvalue weighted by Crippen LogP contribution is 2.25. The normalized spacial score (nSPS) is 14.2. The lowest BCUT2D eigenvalue weighted by Crippen LogP contribution is -2.41. The predicted octanol–water partition coefficient (Wildman–Crippen LogP) is 2.35. The largest absolute Gasteiger partial charge is 0.379 e. The van der Waals surface area contributed by atoms with Gasteiger partial charge in [-0.05, 0) is 25.5 Å². The first-order chi connectivity index (χ1) is 15.3. The van der Waals surface area contributed by atoms with Crippen molar-refractivity contribution >= 4 is 34.9 Å². The maximum absolute atomic E-state index is 13.1. The van der Waals surface area contributed by atoms with Crippen molar-refractivity contribution < 1.29 is 23.8 Å². The molecule has 1 saturated heterocycles. The highest BCUT2D eigenvalue weighted by atomic mass is 35.5. The molecule has 2 aromatic rings. The van der Waals surface area contributed by atoms with Gasteiger partial charge in [-0.1, -0.05) is 16.8 Å². The summed E-state index contributed by atoms with van der Waals surface area (Å²) in [4.78, 5) is 39.8. The van der Waals surface area contributed by atoms with Crippen molar-refractivity contribution in [2.45, 2.75) is 13.3 Å². The van der Waals surface area contributed by atoms with E-state index in [0.29, 0.717) is 25.4 Å². The average molecular weight is 466 g/mol. The molecular formula is C20H24ClN5O6. The summed E-state index contributed by atoms with van der Waals surface area (Å²) < 4.78 is 10.3. The van der Waals surface area contributed by atoms with Gasteiger partial charge < -0.3 is 19.5 Å². The Morgan fingerprint density at radius 3 is 2.72 bits per heavy atom. The number of nitrogens with zero attached hydrogens (tertiary/aromatic N) is 4. The standard InChI is InChI=1S/C20H24ClN5O6/c1-14-11-18(23-32-14)22-19(27)13-25(6-2-5-24-7-9-31-10-8-24)20(28)15-3-4-16(21)17(12-15)26(29)30/h3-4,11-12H,2,5-10,13H2,1H3,(H,22,23,27). The maximum Gasteiger partial charge on any atom is 0.288 e. The molecule has 1 aromatic carbocycles. The molecule has 1 aliphatic heterocycles. The van der Waals surface area contributed by atoms with Crippen molar-refractivity contribution in [2.24, 2.45) is 0 Å². The first-order valence-corrected chi connectivity index (χ1v) is 10.5. The summed E-state index contributed by atoms with van der Waals surface area (Å²) in [5, 5.41) is 17.4. The van der Waals surface area contributed by atoms with E-state index >= 15 is 0 Å². The number of aryl methyl sites for hydroxylation is 1. The van der Waals surface area contributed by atoms with E-state index in [-0.39, 0.29) is 35.2 Å². The summed E-state index contributed by atoms with van der Waals surface area (Å²) in [6.45, 7) is 5.41. The van der Waals surface area contributed by atoms with E-state index in [1.165, 1.54) is 17.0 Å². The third-order valence-electron chi connectivity index (χ3n) is 4.91. The summed E-state index contributed by atoms with van der Waals surface area (Å²) in [5.41, 5.74) is -0.286. The molecule has 0 spiro atoms. The predicted molar refractivity (Wildman–Crippen MR) is 116 cm³/mol. The molecule has 3 rings (SSSR count). The molecule has 0 aliphatic carbocycles. The molecule has 12 heteroatoms. The molecular weight excluding hydrogens is 442 g/mol. The quantitative estimate of drug-likeness (QED) is 0.441. The SMILES string of the molecule is Cc1cc(NC(=O)CN(CCCN2CCOCC2)C(=O)c2ccc(Cl)c([N+](=O)[O-])c2)no1. The Bertz CT molecular complexity index is 975. The van der Waals surface area contributed by atoms with Crippen LogP contribution >= 0.6 is 11.6 Å². The molecule has 1 aromatic heterocycles. The monoisotopic (exact) mass is 465 g/mol. The number of nitro groups is 1. The van der Waals surface area contributed by atoms with Crippen LogP contribution < -0.4 is 5.32 Å². The number of benzene rings is 1. The lowest BCUT2D eigenvalue weighted by atomic mass is 10.1. The van der Waals surface area contributed by atoms with Gasteiger partial charge in [0.05, 0.1) is 18.1 Å². The summed E-state index contributed by atoms with van der Waals surface area (Å²) in [6, 6.07) is 5.40. The van der Waals surface area contributed by atoms with Gasteiger partial charge in [0, 0.05) is 43.9 Å². The van der Waals surface area contributed by atoms with Gasteiger partial charge in [0.25, 0.3) is 11.6 Å². The molecule has 0 bridgehead atoms. The van der Waals surface area contributed by atoms with Crippen molar-refractivity contribution in [3.8, 4) is 0 Å². The van der Waals surface area contributed by atoms with Crippen LogP contribution in [0.15, 0.2) is 28.8 Å². The van der Waals surface area contributed by atoms with E-state index in [0.717, 1.165) is 25.7 Å². The number of rotatable bonds is 9. The van der Waals surface area contributed by atoms with Gasteiger partial charge in [-0.25, -0.2) is 0 Å². The Labute approximate surface area is 189 Å². The van der Waals surface area contributed by atoms with Crippen LogP contribution in [0.4, 0.5) is 11.5 Å². The van der Waals surface area contributed by atoms with Crippen LogP contribution in [0.1, 0.15) is 22.5 Å². The molecule has 0 unspecified atom stereocenters. The van der Waals surface area contributed by atoms with Crippen LogP contribution in [0.5, 0.6) is 0 Å². The van der Waals surface area contributed by atoms with Crippen LogP contribution in [-0.2, 0) is 9.53 Å². The van der Waals surface area contributed by atoms with Crippen LogP contribution in [0, 0.1) is 17.0 Å². The van der Waals surface area contributed by atoms with Gasteiger partial charge in [0.2, 0.25) is 5.91 Å². The van der Waals surface area contributed by atoms with Gasteiger partial charge in [-0.15, -0.1) is 0 Å². The van der Waals surface area contributed by atoms with Crippen molar-refractivity contribution in [3.63, 3.8) is 0 Å². The third-order valence-corrected chi connectivity index (χ3v) is 5.23. The first-order valence-electron chi connectivity index (χ1n) is 10.1. The van der Waals surface area contributed by atoms with Crippen LogP contribution in [0.25, 0.3) is 0 Å². The van der Waals surface area contributed by atoms with Crippen molar-refractivity contribution in [1.82, 2.24) is 15.0 Å². The lowest BCUT2D eigenvalue weighted by molar-refractivity contribution is -0.384. The molecule has 2 amide bonds. The molecule has 32 heavy (non-hydrogen) atoms. The van der Waals surface area contributed by atoms with Crippen molar-refractivity contribution in [2.75, 3.05) is 51.3 Å². The van der Waals surface area contributed by atoms with Gasteiger partial charge in [0.1, 0.15) is 17.3 Å². The number of amides is 2. The Kier molecular flexibility index (Phi) is 8.14. The number of carbonyl (C=O) groups excluding carboxylic acids is 2. The maximum atomic E-state index is 13.1. The zero-order valence-electron chi connectivity index (χ0n) is 17.6. The third kappa shape index (κ3) is 6.49. The number of halogens is 1. The summed E-state index contributed by atoms with van der Waals surface area (Å²) in [5.74, 6) is -0.178. The average Bonchev–Trinajstić information content (AvgIpc) is 3.17. The van der Waals surface area contributed by atoms with Crippen molar-refractivity contribution in [1.29, 1.82) is 0 Å². The molecule has 11 nitrogen and oxygen atoms in total. The molecule has 0 saturated carbocycles. The van der Waals surface area contributed by atoms with E-state index in [4.69, 9.17) is 20.9 Å². The lowest BCUT2D eigenvalue weighted by Gasteiger charge is -2.28. The minimum atomic E-state index is -0.651. The second-order valence-corrected chi connectivity index (χ2v) is 7.74.